The Bertz CT molecular complexity index is 527. The predicted molar refractivity (Wildman–Crippen MR) is 88.6 cm³/mol. The normalized spacial score (nSPS) is 54.7. The van der Waals surface area contributed by atoms with Crippen molar-refractivity contribution in [1.29, 1.82) is 0 Å². The van der Waals surface area contributed by atoms with E-state index < -0.39 is 0 Å². The van der Waals surface area contributed by atoms with Crippen LogP contribution in [-0.4, -0.2) is 23.8 Å². The molecule has 1 N–H and O–H groups in total. The lowest BCUT2D eigenvalue weighted by Crippen LogP contribution is -2.61. The molecule has 23 heavy (non-hydrogen) atoms. The molecule has 4 rings (SSSR count). The second kappa shape index (κ2) is 4.74. The van der Waals surface area contributed by atoms with Crippen LogP contribution in [-0.2, 0) is 9.53 Å². The topological polar surface area (TPSA) is 46.5 Å². The standard InChI is InChI=1S/C20H32O3/c1-18(2)14-7-9-19(3)13-11-23-17(22)12(13)5-6-15(19)20(14,4)10-8-16(18)21/h12-16,21H,5-11H2,1-4H3/t12-,13-,14+,15+,16+,19+,20+/m1/s1. The highest BCUT2D eigenvalue weighted by Gasteiger charge is 2.65. The van der Waals surface area contributed by atoms with E-state index in [2.05, 4.69) is 27.7 Å². The van der Waals surface area contributed by atoms with Crippen LogP contribution in [0.25, 0.3) is 0 Å². The van der Waals surface area contributed by atoms with Gasteiger partial charge in [0, 0.05) is 5.92 Å². The fourth-order valence-electron chi connectivity index (χ4n) is 7.56. The molecular formula is C20H32O3. The van der Waals surface area contributed by atoms with E-state index in [1.165, 1.54) is 12.8 Å². The number of carbonyl (C=O) groups is 1. The maximum Gasteiger partial charge on any atom is 0.309 e. The van der Waals surface area contributed by atoms with Gasteiger partial charge in [0.15, 0.2) is 0 Å². The lowest BCUT2D eigenvalue weighted by Gasteiger charge is -2.66. The van der Waals surface area contributed by atoms with Gasteiger partial charge in [0.05, 0.1) is 18.6 Å². The van der Waals surface area contributed by atoms with Crippen LogP contribution in [0.2, 0.25) is 0 Å². The number of hydrogen-bond donors (Lipinski definition) is 1. The van der Waals surface area contributed by atoms with Crippen molar-refractivity contribution >= 4 is 5.97 Å². The molecule has 0 radical (unpaired) electrons. The van der Waals surface area contributed by atoms with E-state index >= 15 is 0 Å². The van der Waals surface area contributed by atoms with E-state index in [9.17, 15) is 9.90 Å². The fraction of sp³-hybridized carbons (Fsp3) is 0.950. The number of fused-ring (bicyclic) bond motifs is 5. The number of esters is 1. The van der Waals surface area contributed by atoms with Crippen LogP contribution < -0.4 is 0 Å². The van der Waals surface area contributed by atoms with Crippen LogP contribution in [0.5, 0.6) is 0 Å². The molecule has 0 amide bonds. The van der Waals surface area contributed by atoms with E-state index in [1.807, 2.05) is 0 Å². The van der Waals surface area contributed by atoms with Gasteiger partial charge in [-0.1, -0.05) is 27.7 Å². The summed E-state index contributed by atoms with van der Waals surface area (Å²) in [4.78, 5) is 12.1. The molecule has 0 bridgehead atoms. The Morgan fingerprint density at radius 3 is 2.39 bits per heavy atom. The number of aliphatic hydroxyl groups is 1. The monoisotopic (exact) mass is 320 g/mol. The van der Waals surface area contributed by atoms with Crippen LogP contribution in [0.3, 0.4) is 0 Å². The van der Waals surface area contributed by atoms with Crippen LogP contribution in [0.15, 0.2) is 0 Å². The van der Waals surface area contributed by atoms with Crippen molar-refractivity contribution in [3.63, 3.8) is 0 Å². The molecule has 7 atom stereocenters. The van der Waals surface area contributed by atoms with Crippen molar-refractivity contribution in [2.75, 3.05) is 6.61 Å². The van der Waals surface area contributed by atoms with Crippen molar-refractivity contribution in [2.24, 2.45) is 39.9 Å². The van der Waals surface area contributed by atoms with Gasteiger partial charge in [-0.3, -0.25) is 4.79 Å². The molecule has 3 heteroatoms. The van der Waals surface area contributed by atoms with E-state index in [4.69, 9.17) is 4.74 Å². The first-order valence-electron chi connectivity index (χ1n) is 9.56. The van der Waals surface area contributed by atoms with Crippen LogP contribution in [0.4, 0.5) is 0 Å². The highest BCUT2D eigenvalue weighted by Crippen LogP contribution is 2.69. The Morgan fingerprint density at radius 2 is 1.65 bits per heavy atom. The van der Waals surface area contributed by atoms with Crippen molar-refractivity contribution in [3.8, 4) is 0 Å². The summed E-state index contributed by atoms with van der Waals surface area (Å²) >= 11 is 0. The number of rotatable bonds is 0. The van der Waals surface area contributed by atoms with Gasteiger partial charge in [0.2, 0.25) is 0 Å². The van der Waals surface area contributed by atoms with Crippen LogP contribution in [0.1, 0.15) is 66.2 Å². The number of hydrogen-bond acceptors (Lipinski definition) is 3. The zero-order valence-corrected chi connectivity index (χ0v) is 15.1. The quantitative estimate of drug-likeness (QED) is 0.691. The van der Waals surface area contributed by atoms with Crippen LogP contribution in [0, 0.1) is 39.9 Å². The SMILES string of the molecule is CC1(C)[C@@H](O)CC[C@]2(C)[C@H]3CC[C@H]4C(=O)OC[C@H]4[C@]3(C)CC[C@@H]12. The largest absolute Gasteiger partial charge is 0.465 e. The molecule has 3 saturated carbocycles. The number of carbonyl (C=O) groups excluding carboxylic acids is 1. The summed E-state index contributed by atoms with van der Waals surface area (Å²) in [5.74, 6) is 1.88. The van der Waals surface area contributed by atoms with Gasteiger partial charge in [-0.25, -0.2) is 0 Å². The minimum Gasteiger partial charge on any atom is -0.465 e. The lowest BCUT2D eigenvalue weighted by atomic mass is 9.38. The minimum absolute atomic E-state index is 0.00712. The van der Waals surface area contributed by atoms with Gasteiger partial charge < -0.3 is 9.84 Å². The minimum atomic E-state index is -0.169. The zero-order chi connectivity index (χ0) is 16.6. The molecule has 1 aliphatic heterocycles. The maximum absolute atomic E-state index is 12.1. The average Bonchev–Trinajstić information content (AvgIpc) is 2.86. The van der Waals surface area contributed by atoms with Crippen molar-refractivity contribution < 1.29 is 14.6 Å². The molecule has 4 aliphatic rings. The molecule has 1 heterocycles. The first-order valence-corrected chi connectivity index (χ1v) is 9.56. The Hall–Kier alpha value is -0.570. The number of cyclic esters (lactones) is 1. The smallest absolute Gasteiger partial charge is 0.309 e. The first-order chi connectivity index (χ1) is 10.7. The molecule has 0 aromatic carbocycles. The first kappa shape index (κ1) is 15.9. The summed E-state index contributed by atoms with van der Waals surface area (Å²) in [7, 11) is 0. The maximum atomic E-state index is 12.1. The lowest BCUT2D eigenvalue weighted by molar-refractivity contribution is -0.196. The average molecular weight is 320 g/mol. The van der Waals surface area contributed by atoms with Gasteiger partial charge >= 0.3 is 5.97 Å². The Labute approximate surface area is 140 Å². The van der Waals surface area contributed by atoms with Gasteiger partial charge in [-0.15, -0.1) is 0 Å². The number of ether oxygens (including phenoxy) is 1. The molecule has 130 valence electrons. The van der Waals surface area contributed by atoms with Gasteiger partial charge in [-0.05, 0) is 66.6 Å². The summed E-state index contributed by atoms with van der Waals surface area (Å²) in [5, 5.41) is 10.6. The second-order valence-electron chi connectivity index (χ2n) is 9.95. The molecule has 0 aromatic rings. The van der Waals surface area contributed by atoms with E-state index in [0.29, 0.717) is 29.8 Å². The van der Waals surface area contributed by atoms with Crippen molar-refractivity contribution in [1.82, 2.24) is 0 Å². The van der Waals surface area contributed by atoms with Gasteiger partial charge in [-0.2, -0.15) is 0 Å². The Kier molecular flexibility index (Phi) is 3.28. The summed E-state index contributed by atoms with van der Waals surface area (Å²) in [5.41, 5.74) is 0.540. The predicted octanol–water partition coefficient (Wildman–Crippen LogP) is 3.79. The molecule has 0 unspecified atom stereocenters. The molecule has 0 spiro atoms. The Balaban J connectivity index is 1.72. The van der Waals surface area contributed by atoms with E-state index in [0.717, 1.165) is 25.7 Å². The molecule has 4 fully saturated rings. The van der Waals surface area contributed by atoms with Crippen LogP contribution >= 0.6 is 0 Å². The van der Waals surface area contributed by atoms with Crippen molar-refractivity contribution in [3.05, 3.63) is 0 Å². The summed E-state index contributed by atoms with van der Waals surface area (Å²) in [6.45, 7) is 10.1. The van der Waals surface area contributed by atoms with Gasteiger partial charge in [0.25, 0.3) is 0 Å². The molecule has 3 nitrogen and oxygen atoms in total. The number of aliphatic hydroxyl groups excluding tert-OH is 1. The molecular weight excluding hydrogens is 288 g/mol. The third-order valence-corrected chi connectivity index (χ3v) is 8.88. The van der Waals surface area contributed by atoms with E-state index in [-0.39, 0.29) is 28.8 Å². The third kappa shape index (κ3) is 1.89. The summed E-state index contributed by atoms with van der Waals surface area (Å²) in [6, 6.07) is 0. The Morgan fingerprint density at radius 1 is 0.957 bits per heavy atom. The fourth-order valence-corrected chi connectivity index (χ4v) is 7.56. The molecule has 3 aliphatic carbocycles. The van der Waals surface area contributed by atoms with Crippen molar-refractivity contribution in [2.45, 2.75) is 72.3 Å². The third-order valence-electron chi connectivity index (χ3n) is 8.88. The summed E-state index contributed by atoms with van der Waals surface area (Å²) in [6.07, 6.45) is 6.43. The second-order valence-corrected chi connectivity index (χ2v) is 9.95. The zero-order valence-electron chi connectivity index (χ0n) is 15.1. The van der Waals surface area contributed by atoms with Gasteiger partial charge in [0.1, 0.15) is 0 Å². The molecule has 1 saturated heterocycles. The highest BCUT2D eigenvalue weighted by atomic mass is 16.5. The highest BCUT2D eigenvalue weighted by molar-refractivity contribution is 5.75. The van der Waals surface area contributed by atoms with E-state index in [1.54, 1.807) is 0 Å². The summed E-state index contributed by atoms with van der Waals surface area (Å²) < 4.78 is 5.46. The molecule has 0 aromatic heterocycles.